The van der Waals surface area contributed by atoms with Gasteiger partial charge in [-0.15, -0.1) is 11.3 Å². The van der Waals surface area contributed by atoms with Crippen molar-refractivity contribution in [1.29, 1.82) is 0 Å². The summed E-state index contributed by atoms with van der Waals surface area (Å²) in [5, 5.41) is 3.59. The van der Waals surface area contributed by atoms with E-state index in [1.165, 1.54) is 50.9 Å². The van der Waals surface area contributed by atoms with Crippen LogP contribution < -0.4 is 0 Å². The normalized spacial score (nSPS) is 19.3. The first-order valence-electron chi connectivity index (χ1n) is 12.0. The Bertz CT molecular complexity index is 1410. The lowest BCUT2D eigenvalue weighted by Gasteiger charge is -2.29. The summed E-state index contributed by atoms with van der Waals surface area (Å²) in [5.41, 5.74) is 5.43. The molecule has 3 heteroatoms. The number of rotatable bonds is 4. The van der Waals surface area contributed by atoms with E-state index in [1.807, 2.05) is 29.5 Å². The molecule has 0 amide bonds. The lowest BCUT2D eigenvalue weighted by atomic mass is 9.90. The van der Waals surface area contributed by atoms with Gasteiger partial charge in [0.05, 0.1) is 6.33 Å². The van der Waals surface area contributed by atoms with Crippen LogP contribution in [0.25, 0.3) is 32.0 Å². The van der Waals surface area contributed by atoms with Crippen LogP contribution in [0.15, 0.2) is 73.1 Å². The molecule has 1 aromatic heterocycles. The fourth-order valence-corrected chi connectivity index (χ4v) is 6.86. The topological polar surface area (TPSA) is 3.24 Å². The highest BCUT2D eigenvalue weighted by molar-refractivity contribution is 7.19. The molecule has 2 aliphatic rings. The number of aryl methyl sites for hydroxylation is 1. The average molecular weight is 454 g/mol. The van der Waals surface area contributed by atoms with E-state index < -0.39 is 0 Å². The molecule has 33 heavy (non-hydrogen) atoms. The van der Waals surface area contributed by atoms with Gasteiger partial charge in [-0.3, -0.25) is 4.90 Å². The third kappa shape index (κ3) is 3.64. The number of benzene rings is 3. The number of nitrogens with zero attached hydrogens (tertiary/aromatic N) is 1. The predicted octanol–water partition coefficient (Wildman–Crippen LogP) is 8.23. The van der Waals surface area contributed by atoms with Gasteiger partial charge in [0.25, 0.3) is 0 Å². The zero-order valence-electron chi connectivity index (χ0n) is 19.0. The van der Waals surface area contributed by atoms with Crippen LogP contribution in [0.4, 0.5) is 4.39 Å². The van der Waals surface area contributed by atoms with Crippen LogP contribution in [0.2, 0.25) is 0 Å². The average Bonchev–Trinajstić information content (AvgIpc) is 3.48. The van der Waals surface area contributed by atoms with Crippen molar-refractivity contribution in [1.82, 2.24) is 4.90 Å². The first-order chi connectivity index (χ1) is 16.2. The van der Waals surface area contributed by atoms with Crippen LogP contribution in [-0.2, 0) is 6.42 Å². The van der Waals surface area contributed by atoms with Gasteiger partial charge < -0.3 is 0 Å². The highest BCUT2D eigenvalue weighted by Gasteiger charge is 2.29. The molecule has 1 atom stereocenters. The molecule has 0 spiro atoms. The van der Waals surface area contributed by atoms with Crippen molar-refractivity contribution in [3.8, 4) is 0 Å². The molecule has 3 heterocycles. The minimum atomic E-state index is 0.650. The van der Waals surface area contributed by atoms with Gasteiger partial charge in [-0.2, -0.15) is 0 Å². The van der Waals surface area contributed by atoms with E-state index in [4.69, 9.17) is 0 Å². The molecule has 0 radical (unpaired) electrons. The lowest BCUT2D eigenvalue weighted by molar-refractivity contribution is 0.275. The molecule has 4 aromatic rings. The highest BCUT2D eigenvalue weighted by Crippen LogP contribution is 2.42. The third-order valence-electron chi connectivity index (χ3n) is 7.41. The van der Waals surface area contributed by atoms with Crippen LogP contribution in [-0.4, -0.2) is 24.0 Å². The van der Waals surface area contributed by atoms with Gasteiger partial charge in [-0.25, -0.2) is 4.39 Å². The molecule has 1 saturated heterocycles. The molecular formula is C30H28FNS. The Kier molecular flexibility index (Phi) is 5.40. The number of hydrogen-bond acceptors (Lipinski definition) is 2. The van der Waals surface area contributed by atoms with E-state index in [0.29, 0.717) is 11.6 Å². The van der Waals surface area contributed by atoms with Crippen LogP contribution in [0.3, 0.4) is 0 Å². The van der Waals surface area contributed by atoms with E-state index >= 15 is 0 Å². The van der Waals surface area contributed by atoms with Crippen molar-refractivity contribution in [2.24, 2.45) is 0 Å². The molecule has 166 valence electrons. The predicted molar refractivity (Wildman–Crippen MR) is 141 cm³/mol. The molecule has 2 aliphatic heterocycles. The summed E-state index contributed by atoms with van der Waals surface area (Å²) in [4.78, 5) is 4.08. The molecule has 6 rings (SSSR count). The summed E-state index contributed by atoms with van der Waals surface area (Å²) < 4.78 is 15.6. The summed E-state index contributed by atoms with van der Waals surface area (Å²) in [6.45, 7) is 4.55. The second kappa shape index (κ2) is 8.55. The molecule has 1 unspecified atom stereocenters. The number of halogens is 1. The molecule has 1 nitrogen and oxygen atoms in total. The van der Waals surface area contributed by atoms with Crippen molar-refractivity contribution < 1.29 is 4.39 Å². The Morgan fingerprint density at radius 2 is 1.88 bits per heavy atom. The summed E-state index contributed by atoms with van der Waals surface area (Å²) >= 11 is 1.90. The summed E-state index contributed by atoms with van der Waals surface area (Å²) in [5.74, 6) is 0. The van der Waals surface area contributed by atoms with Crippen molar-refractivity contribution in [2.75, 3.05) is 13.1 Å². The third-order valence-corrected chi connectivity index (χ3v) is 8.73. The van der Waals surface area contributed by atoms with E-state index in [0.717, 1.165) is 42.2 Å². The van der Waals surface area contributed by atoms with Crippen LogP contribution in [0.5, 0.6) is 0 Å². The van der Waals surface area contributed by atoms with E-state index in [1.54, 1.807) is 0 Å². The van der Waals surface area contributed by atoms with E-state index in [9.17, 15) is 4.39 Å². The fourth-order valence-electron chi connectivity index (χ4n) is 5.70. The van der Waals surface area contributed by atoms with Crippen molar-refractivity contribution in [2.45, 2.75) is 38.6 Å². The Balaban J connectivity index is 1.45. The number of fused-ring (bicyclic) bond motifs is 3. The Morgan fingerprint density at radius 3 is 2.73 bits per heavy atom. The Hall–Kier alpha value is -2.75. The Morgan fingerprint density at radius 1 is 1.06 bits per heavy atom. The maximum atomic E-state index is 14.3. The lowest BCUT2D eigenvalue weighted by Crippen LogP contribution is -2.32. The second-order valence-electron chi connectivity index (χ2n) is 9.27. The van der Waals surface area contributed by atoms with Crippen molar-refractivity contribution in [3.63, 3.8) is 0 Å². The van der Waals surface area contributed by atoms with E-state index in [2.05, 4.69) is 60.4 Å². The molecule has 0 saturated carbocycles. The summed E-state index contributed by atoms with van der Waals surface area (Å²) in [6, 6.07) is 21.6. The molecule has 3 aromatic carbocycles. The Labute approximate surface area is 198 Å². The monoisotopic (exact) mass is 453 g/mol. The minimum Gasteiger partial charge on any atom is -0.296 e. The van der Waals surface area contributed by atoms with Gasteiger partial charge in [0.2, 0.25) is 0 Å². The molecule has 1 fully saturated rings. The van der Waals surface area contributed by atoms with Gasteiger partial charge in [-0.1, -0.05) is 55.5 Å². The fraction of sp³-hybridized carbons (Fsp3) is 0.267. The smallest absolute Gasteiger partial charge is 0.0951 e. The standard InChI is InChI=1S/C30H28FNS/c1-2-28-30(24-13-15-32-14-5-8-25(32)17-24)26-18-23(11-12-29(26)33-28)27(19-31)22-10-9-20-6-3-4-7-21(20)16-22/h3-4,6-7,9-13,16,18-19,25H,2,5,8,14-15,17H2,1H3. The quantitative estimate of drug-likeness (QED) is 0.301. The van der Waals surface area contributed by atoms with Gasteiger partial charge in [0.15, 0.2) is 0 Å². The van der Waals surface area contributed by atoms with Crippen LogP contribution in [0.1, 0.15) is 47.8 Å². The maximum absolute atomic E-state index is 14.3. The van der Waals surface area contributed by atoms with Crippen LogP contribution >= 0.6 is 11.3 Å². The largest absolute Gasteiger partial charge is 0.296 e. The number of thiophene rings is 1. The highest BCUT2D eigenvalue weighted by atomic mass is 32.1. The van der Waals surface area contributed by atoms with Crippen molar-refractivity contribution >= 4 is 43.3 Å². The second-order valence-corrected chi connectivity index (χ2v) is 10.4. The van der Waals surface area contributed by atoms with Gasteiger partial charge in [0, 0.05) is 33.1 Å². The zero-order chi connectivity index (χ0) is 22.4. The van der Waals surface area contributed by atoms with E-state index in [-0.39, 0.29) is 0 Å². The van der Waals surface area contributed by atoms with Gasteiger partial charge in [0.1, 0.15) is 0 Å². The molecule has 0 bridgehead atoms. The zero-order valence-corrected chi connectivity index (χ0v) is 19.8. The van der Waals surface area contributed by atoms with Crippen LogP contribution in [0, 0.1) is 0 Å². The first kappa shape index (κ1) is 20.8. The first-order valence-corrected chi connectivity index (χ1v) is 12.9. The summed E-state index contributed by atoms with van der Waals surface area (Å²) in [7, 11) is 0. The van der Waals surface area contributed by atoms with Gasteiger partial charge in [-0.05, 0) is 83.5 Å². The minimum absolute atomic E-state index is 0.650. The molecule has 0 N–H and O–H groups in total. The molecule has 0 aliphatic carbocycles. The number of hydrogen-bond donors (Lipinski definition) is 0. The van der Waals surface area contributed by atoms with Gasteiger partial charge >= 0.3 is 0 Å². The summed E-state index contributed by atoms with van der Waals surface area (Å²) in [6.07, 6.45) is 8.02. The molecular weight excluding hydrogens is 425 g/mol. The SMILES string of the molecule is CCc1sc2ccc(C(=CF)c3ccc4ccccc4c3)cc2c1C1=CCN2CCCC2C1. The van der Waals surface area contributed by atoms with Crippen molar-refractivity contribution in [3.05, 3.63) is 94.6 Å². The maximum Gasteiger partial charge on any atom is 0.0951 e.